The van der Waals surface area contributed by atoms with Crippen LogP contribution in [0.2, 0.25) is 0 Å². The normalized spacial score (nSPS) is 19.4. The zero-order chi connectivity index (χ0) is 53.3. The van der Waals surface area contributed by atoms with Crippen LogP contribution in [0.1, 0.15) is 115 Å². The highest BCUT2D eigenvalue weighted by atomic mass is 19.3. The van der Waals surface area contributed by atoms with E-state index in [1.165, 1.54) is 25.0 Å². The van der Waals surface area contributed by atoms with Crippen LogP contribution in [0.25, 0.3) is 22.3 Å². The molecule has 0 bridgehead atoms. The van der Waals surface area contributed by atoms with E-state index in [0.717, 1.165) is 56.3 Å². The first-order valence-electron chi connectivity index (χ1n) is 24.2. The molecule has 74 heavy (non-hydrogen) atoms. The number of alkyl halides is 4. The second kappa shape index (κ2) is 20.7. The van der Waals surface area contributed by atoms with Gasteiger partial charge in [0.05, 0.1) is 13.1 Å². The van der Waals surface area contributed by atoms with Crippen LogP contribution in [0.3, 0.4) is 0 Å². The van der Waals surface area contributed by atoms with Crippen molar-refractivity contribution in [2.75, 3.05) is 13.1 Å². The maximum absolute atomic E-state index is 13.6. The monoisotopic (exact) mass is 1020 g/mol. The Hall–Kier alpha value is -7.61. The van der Waals surface area contributed by atoms with Crippen molar-refractivity contribution in [2.45, 2.75) is 121 Å². The number of amides is 7. The van der Waals surface area contributed by atoms with Gasteiger partial charge in [-0.15, -0.1) is 0 Å². The Morgan fingerprint density at radius 2 is 0.946 bits per heavy atom. The van der Waals surface area contributed by atoms with Crippen LogP contribution in [0.5, 0.6) is 0 Å². The fourth-order valence-corrected chi connectivity index (χ4v) is 10.3. The molecule has 7 amide bonds. The van der Waals surface area contributed by atoms with Crippen molar-refractivity contribution in [1.82, 2.24) is 30.7 Å². The number of urea groups is 2. The van der Waals surface area contributed by atoms with Gasteiger partial charge in [0.1, 0.15) is 11.1 Å². The van der Waals surface area contributed by atoms with Crippen molar-refractivity contribution in [1.29, 1.82) is 0 Å². The van der Waals surface area contributed by atoms with Crippen LogP contribution in [-0.4, -0.2) is 104 Å². The predicted molar refractivity (Wildman–Crippen MR) is 258 cm³/mol. The Morgan fingerprint density at radius 1 is 0.527 bits per heavy atom. The van der Waals surface area contributed by atoms with Crippen LogP contribution >= 0.6 is 0 Å². The summed E-state index contributed by atoms with van der Waals surface area (Å²) in [5.74, 6) is -8.77. The molecule has 3 N–H and O–H groups in total. The number of ketones is 2. The molecule has 2 aliphatic carbocycles. The number of benzene rings is 4. The molecule has 0 atom stereocenters. The molecule has 2 saturated carbocycles. The number of halogens is 4. The summed E-state index contributed by atoms with van der Waals surface area (Å²) < 4.78 is 58.2. The number of carbonyl (C=O) groups excluding carboxylic acids is 9. The van der Waals surface area contributed by atoms with Gasteiger partial charge in [0.2, 0.25) is 17.8 Å². The van der Waals surface area contributed by atoms with Crippen LogP contribution in [0.15, 0.2) is 84.9 Å². The molecule has 10 rings (SSSR count). The SMILES string of the molecule is CC(=O)N1Cc2cccc(-c3ccc(C(=O)CN4C(=O)NC5(CCC(F)(F)CC5)C4=O)cc3)c2C1.CC(=O)OC(C)=O.O=C(CN1C(=O)NC2(CCC(F)(F)CC2)C1=O)c1ccc(-c2cccc3c2CNC3)cc1. The van der Waals surface area contributed by atoms with Gasteiger partial charge in [-0.2, -0.15) is 0 Å². The van der Waals surface area contributed by atoms with Gasteiger partial charge < -0.3 is 25.6 Å². The molecule has 4 heterocycles. The van der Waals surface area contributed by atoms with E-state index in [4.69, 9.17) is 0 Å². The maximum Gasteiger partial charge on any atom is 0.325 e. The van der Waals surface area contributed by atoms with E-state index in [1.807, 2.05) is 42.5 Å². The fraction of sp³-hybridized carbons (Fsp3) is 0.389. The Bertz CT molecular complexity index is 2930. The quantitative estimate of drug-likeness (QED) is 0.0514. The number of ether oxygens (including phenoxy) is 1. The maximum atomic E-state index is 13.6. The highest BCUT2D eigenvalue weighted by Gasteiger charge is 2.57. The van der Waals surface area contributed by atoms with Crippen molar-refractivity contribution in [3.63, 3.8) is 0 Å². The molecule has 6 aliphatic rings. The fourth-order valence-electron chi connectivity index (χ4n) is 10.3. The zero-order valence-corrected chi connectivity index (χ0v) is 40.9. The molecular formula is C54H54F4N6O10. The largest absolute Gasteiger partial charge is 0.394 e. The Kier molecular flexibility index (Phi) is 14.8. The second-order valence-corrected chi connectivity index (χ2v) is 19.5. The summed E-state index contributed by atoms with van der Waals surface area (Å²) in [5.41, 5.74) is 6.70. The lowest BCUT2D eigenvalue weighted by molar-refractivity contribution is -0.156. The Labute approximate surface area is 423 Å². The van der Waals surface area contributed by atoms with E-state index >= 15 is 0 Å². The number of esters is 2. The number of fused-ring (bicyclic) bond motifs is 2. The topological polar surface area (TPSA) is 209 Å². The summed E-state index contributed by atoms with van der Waals surface area (Å²) in [5, 5.41) is 8.45. The minimum Gasteiger partial charge on any atom is -0.394 e. The summed E-state index contributed by atoms with van der Waals surface area (Å²) in [6.07, 6.45) is -2.41. The molecule has 4 aliphatic heterocycles. The number of hydrogen-bond acceptors (Lipinski definition) is 11. The summed E-state index contributed by atoms with van der Waals surface area (Å²) in [4.78, 5) is 111. The van der Waals surface area contributed by atoms with Gasteiger partial charge >= 0.3 is 24.0 Å². The lowest BCUT2D eigenvalue weighted by atomic mass is 9.80. The average molecular weight is 1020 g/mol. The molecule has 4 fully saturated rings. The van der Waals surface area contributed by atoms with Gasteiger partial charge in [-0.3, -0.25) is 43.4 Å². The van der Waals surface area contributed by atoms with Crippen LogP contribution in [0, 0.1) is 0 Å². The lowest BCUT2D eigenvalue weighted by Gasteiger charge is -2.34. The molecular weight excluding hydrogens is 969 g/mol. The van der Waals surface area contributed by atoms with Crippen LogP contribution in [0.4, 0.5) is 27.2 Å². The van der Waals surface area contributed by atoms with E-state index in [2.05, 4.69) is 26.8 Å². The van der Waals surface area contributed by atoms with E-state index in [-0.39, 0.29) is 37.4 Å². The van der Waals surface area contributed by atoms with Gasteiger partial charge in [0.25, 0.3) is 11.8 Å². The van der Waals surface area contributed by atoms with Gasteiger partial charge in [0.15, 0.2) is 11.6 Å². The van der Waals surface area contributed by atoms with E-state index in [9.17, 15) is 60.7 Å². The number of nitrogens with one attached hydrogen (secondary N) is 3. The summed E-state index contributed by atoms with van der Waals surface area (Å²) in [6.45, 7) is 5.78. The van der Waals surface area contributed by atoms with E-state index in [1.54, 1.807) is 48.2 Å². The first kappa shape index (κ1) is 52.7. The van der Waals surface area contributed by atoms with Crippen molar-refractivity contribution in [3.05, 3.63) is 118 Å². The van der Waals surface area contributed by atoms with Crippen LogP contribution < -0.4 is 16.0 Å². The minimum absolute atomic E-state index is 0.0114. The molecule has 0 radical (unpaired) electrons. The van der Waals surface area contributed by atoms with E-state index in [0.29, 0.717) is 24.2 Å². The Morgan fingerprint density at radius 3 is 1.35 bits per heavy atom. The molecule has 4 aromatic carbocycles. The molecule has 388 valence electrons. The molecule has 4 aromatic rings. The molecule has 20 heteroatoms. The summed E-state index contributed by atoms with van der Waals surface area (Å²) in [6, 6.07) is 24.6. The zero-order valence-electron chi connectivity index (χ0n) is 40.9. The second-order valence-electron chi connectivity index (χ2n) is 19.5. The van der Waals surface area contributed by atoms with E-state index < -0.39 is 103 Å². The highest BCUT2D eigenvalue weighted by molar-refractivity contribution is 6.12. The number of hydrogen-bond donors (Lipinski definition) is 3. The Balaban J connectivity index is 0.000000175. The van der Waals surface area contributed by atoms with Crippen molar-refractivity contribution < 1.29 is 65.4 Å². The molecule has 0 unspecified atom stereocenters. The predicted octanol–water partition coefficient (Wildman–Crippen LogP) is 7.63. The average Bonchev–Trinajstić information content (AvgIpc) is 4.13. The molecule has 2 saturated heterocycles. The third-order valence-electron chi connectivity index (χ3n) is 14.4. The van der Waals surface area contributed by atoms with Gasteiger partial charge in [-0.25, -0.2) is 27.2 Å². The van der Waals surface area contributed by atoms with Gasteiger partial charge in [-0.1, -0.05) is 84.9 Å². The van der Waals surface area contributed by atoms with Crippen LogP contribution in [-0.2, 0) is 54.9 Å². The summed E-state index contributed by atoms with van der Waals surface area (Å²) >= 11 is 0. The smallest absolute Gasteiger partial charge is 0.325 e. The first-order valence-corrected chi connectivity index (χ1v) is 24.2. The number of carbonyl (C=O) groups is 9. The number of imide groups is 2. The third kappa shape index (κ3) is 11.1. The molecule has 2 spiro atoms. The molecule has 0 aromatic heterocycles. The van der Waals surface area contributed by atoms with Crippen molar-refractivity contribution in [3.8, 4) is 22.3 Å². The molecule has 16 nitrogen and oxygen atoms in total. The lowest BCUT2D eigenvalue weighted by Crippen LogP contribution is -2.51. The van der Waals surface area contributed by atoms with Crippen molar-refractivity contribution >= 4 is 53.3 Å². The third-order valence-corrected chi connectivity index (χ3v) is 14.4. The minimum atomic E-state index is -2.84. The summed E-state index contributed by atoms with van der Waals surface area (Å²) in [7, 11) is 0. The number of Topliss-reactive ketones (excluding diaryl/α,β-unsaturated/α-hetero) is 2. The number of nitrogens with zero attached hydrogens (tertiary/aromatic N) is 3. The van der Waals surface area contributed by atoms with Crippen molar-refractivity contribution in [2.24, 2.45) is 0 Å². The number of rotatable bonds is 8. The van der Waals surface area contributed by atoms with Gasteiger partial charge in [-0.05, 0) is 70.2 Å². The first-order chi connectivity index (χ1) is 35.0. The highest BCUT2D eigenvalue weighted by Crippen LogP contribution is 2.43. The van der Waals surface area contributed by atoms with Gasteiger partial charge in [0, 0.05) is 83.8 Å². The standard InChI is InChI=1S/C26H25F2N3O4.C24H23F2N3O3.C4H6O3/c1-16(32)30-13-19-3-2-4-20(21(19)14-30)17-5-7-18(8-6-17)22(33)15-31-23(34)25(29-24(31)35)9-11-26(27,28)12-10-25;25-24(26)10-8-23(9-11-24)21(31)29(22(32)28-23)14-20(30)16-6-4-15(5-7-16)18-3-1-2-17-12-27-13-19(17)18;1-3(5)7-4(2)6/h2-8H,9-15H2,1H3,(H,29,35);1-7,27H,8-14H2,(H,28,32);1-2H3.